The van der Waals surface area contributed by atoms with E-state index in [-0.39, 0.29) is 17.6 Å². The topological polar surface area (TPSA) is 84.2 Å². The van der Waals surface area contributed by atoms with E-state index in [0.29, 0.717) is 11.3 Å². The van der Waals surface area contributed by atoms with E-state index in [0.717, 1.165) is 4.47 Å². The maximum atomic E-state index is 12.1. The first-order valence-electron chi connectivity index (χ1n) is 7.00. The number of hydrogen-bond donors (Lipinski definition) is 2. The molecule has 0 aliphatic heterocycles. The summed E-state index contributed by atoms with van der Waals surface area (Å²) in [6, 6.07) is 15.7. The predicted octanol–water partition coefficient (Wildman–Crippen LogP) is 3.94. The van der Waals surface area contributed by atoms with E-state index in [9.17, 15) is 9.59 Å². The van der Waals surface area contributed by atoms with Crippen molar-refractivity contribution < 1.29 is 14.0 Å². The largest absolute Gasteiger partial charge is 0.431 e. The minimum atomic E-state index is -0.429. The molecule has 0 spiro atoms. The second kappa shape index (κ2) is 7.10. The fraction of sp³-hybridized carbons (Fsp3) is 0. The normalized spacial score (nSPS) is 10.2. The molecule has 3 aromatic rings. The maximum Gasteiger partial charge on any atom is 0.302 e. The molecular weight excluding hydrogens is 374 g/mol. The number of anilines is 2. The number of halogens is 1. The second-order valence-corrected chi connectivity index (χ2v) is 5.73. The van der Waals surface area contributed by atoms with E-state index in [1.54, 1.807) is 36.4 Å². The average Bonchev–Trinajstić information content (AvgIpc) is 3.06. The molecule has 2 aromatic carbocycles. The minimum Gasteiger partial charge on any atom is -0.431 e. The molecule has 3 rings (SSSR count). The third kappa shape index (κ3) is 3.88. The molecule has 24 heavy (non-hydrogen) atoms. The zero-order valence-corrected chi connectivity index (χ0v) is 13.9. The van der Waals surface area contributed by atoms with Gasteiger partial charge in [0.05, 0.1) is 0 Å². The molecule has 2 amide bonds. The molecule has 0 saturated heterocycles. The van der Waals surface area contributed by atoms with Gasteiger partial charge >= 0.3 is 6.01 Å². The van der Waals surface area contributed by atoms with Crippen LogP contribution in [0.5, 0.6) is 0 Å². The molecule has 120 valence electrons. The SMILES string of the molecule is O=C(Nc1nc(C(=O)Nc2ccc(Br)cc2)co1)c1ccccc1. The Bertz CT molecular complexity index is 860. The van der Waals surface area contributed by atoms with Crippen LogP contribution < -0.4 is 10.6 Å². The molecule has 6 nitrogen and oxygen atoms in total. The Morgan fingerprint density at radius 3 is 2.33 bits per heavy atom. The van der Waals surface area contributed by atoms with Crippen molar-refractivity contribution >= 4 is 39.4 Å². The number of benzene rings is 2. The standard InChI is InChI=1S/C17H12BrN3O3/c18-12-6-8-13(9-7-12)19-16(23)14-10-24-17(20-14)21-15(22)11-4-2-1-3-5-11/h1-10H,(H,19,23)(H,20,21,22). The summed E-state index contributed by atoms with van der Waals surface area (Å²) in [5.41, 5.74) is 1.17. The van der Waals surface area contributed by atoms with Gasteiger partial charge in [0.25, 0.3) is 11.8 Å². The Hall–Kier alpha value is -2.93. The van der Waals surface area contributed by atoms with Crippen LogP contribution in [0.3, 0.4) is 0 Å². The van der Waals surface area contributed by atoms with Crippen LogP contribution in [0.4, 0.5) is 11.7 Å². The Morgan fingerprint density at radius 1 is 0.917 bits per heavy atom. The van der Waals surface area contributed by atoms with Crippen LogP contribution in [0, 0.1) is 0 Å². The van der Waals surface area contributed by atoms with Crippen molar-refractivity contribution in [1.82, 2.24) is 4.98 Å². The van der Waals surface area contributed by atoms with Crippen LogP contribution in [-0.4, -0.2) is 16.8 Å². The van der Waals surface area contributed by atoms with Crippen molar-refractivity contribution in [3.63, 3.8) is 0 Å². The van der Waals surface area contributed by atoms with Gasteiger partial charge in [-0.25, -0.2) is 0 Å². The molecule has 2 N–H and O–H groups in total. The van der Waals surface area contributed by atoms with E-state index in [2.05, 4.69) is 31.5 Å². The van der Waals surface area contributed by atoms with Gasteiger partial charge in [0.2, 0.25) is 0 Å². The highest BCUT2D eigenvalue weighted by atomic mass is 79.9. The van der Waals surface area contributed by atoms with Crippen molar-refractivity contribution in [3.8, 4) is 0 Å². The Kier molecular flexibility index (Phi) is 4.72. The van der Waals surface area contributed by atoms with Gasteiger partial charge in [-0.2, -0.15) is 4.98 Å². The van der Waals surface area contributed by atoms with Gasteiger partial charge in [-0.3, -0.25) is 14.9 Å². The first-order chi connectivity index (χ1) is 11.6. The van der Waals surface area contributed by atoms with Crippen LogP contribution in [0.1, 0.15) is 20.8 Å². The van der Waals surface area contributed by atoms with E-state index < -0.39 is 5.91 Å². The number of hydrogen-bond acceptors (Lipinski definition) is 4. The van der Waals surface area contributed by atoms with Gasteiger partial charge in [0.1, 0.15) is 6.26 Å². The molecule has 0 bridgehead atoms. The van der Waals surface area contributed by atoms with Crippen LogP contribution in [-0.2, 0) is 0 Å². The average molecular weight is 386 g/mol. The minimum absolute atomic E-state index is 0.0372. The quantitative estimate of drug-likeness (QED) is 0.712. The molecule has 0 aliphatic carbocycles. The number of carbonyl (C=O) groups excluding carboxylic acids is 2. The lowest BCUT2D eigenvalue weighted by Crippen LogP contribution is -2.14. The summed E-state index contributed by atoms with van der Waals surface area (Å²) in [6.45, 7) is 0. The molecular formula is C17H12BrN3O3. The van der Waals surface area contributed by atoms with Gasteiger partial charge in [-0.15, -0.1) is 0 Å². The number of oxazole rings is 1. The lowest BCUT2D eigenvalue weighted by atomic mass is 10.2. The Morgan fingerprint density at radius 2 is 1.62 bits per heavy atom. The first-order valence-corrected chi connectivity index (χ1v) is 7.80. The summed E-state index contributed by atoms with van der Waals surface area (Å²) in [6.07, 6.45) is 1.19. The number of nitrogens with zero attached hydrogens (tertiary/aromatic N) is 1. The molecule has 0 fully saturated rings. The zero-order valence-electron chi connectivity index (χ0n) is 12.3. The molecule has 0 saturated carbocycles. The number of aromatic nitrogens is 1. The summed E-state index contributed by atoms with van der Waals surface area (Å²) in [5, 5.41) is 5.19. The lowest BCUT2D eigenvalue weighted by Gasteiger charge is -2.02. The molecule has 7 heteroatoms. The van der Waals surface area contributed by atoms with Crippen LogP contribution in [0.15, 0.2) is 69.8 Å². The van der Waals surface area contributed by atoms with Crippen molar-refractivity contribution in [1.29, 1.82) is 0 Å². The first kappa shape index (κ1) is 15.9. The molecule has 0 radical (unpaired) electrons. The van der Waals surface area contributed by atoms with Crippen LogP contribution >= 0.6 is 15.9 Å². The van der Waals surface area contributed by atoms with E-state index in [4.69, 9.17) is 4.42 Å². The number of nitrogens with one attached hydrogen (secondary N) is 2. The lowest BCUT2D eigenvalue weighted by molar-refractivity contribution is 0.101. The predicted molar refractivity (Wildman–Crippen MR) is 93.0 cm³/mol. The fourth-order valence-electron chi connectivity index (χ4n) is 1.92. The summed E-state index contributed by atoms with van der Waals surface area (Å²) >= 11 is 3.32. The fourth-order valence-corrected chi connectivity index (χ4v) is 2.19. The van der Waals surface area contributed by atoms with E-state index in [1.807, 2.05) is 18.2 Å². The van der Waals surface area contributed by atoms with Gasteiger partial charge < -0.3 is 9.73 Å². The number of amides is 2. The van der Waals surface area contributed by atoms with Crippen molar-refractivity contribution in [2.24, 2.45) is 0 Å². The number of carbonyl (C=O) groups is 2. The van der Waals surface area contributed by atoms with Gasteiger partial charge in [-0.1, -0.05) is 34.1 Å². The van der Waals surface area contributed by atoms with Crippen molar-refractivity contribution in [3.05, 3.63) is 76.6 Å². The molecule has 0 aliphatic rings. The number of rotatable bonds is 4. The van der Waals surface area contributed by atoms with E-state index >= 15 is 0 Å². The highest BCUT2D eigenvalue weighted by Crippen LogP contribution is 2.16. The summed E-state index contributed by atoms with van der Waals surface area (Å²) in [4.78, 5) is 28.1. The molecule has 0 atom stereocenters. The summed E-state index contributed by atoms with van der Waals surface area (Å²) in [5.74, 6) is -0.793. The molecule has 1 aromatic heterocycles. The Labute approximate surface area is 146 Å². The second-order valence-electron chi connectivity index (χ2n) is 4.82. The van der Waals surface area contributed by atoms with Crippen molar-refractivity contribution in [2.75, 3.05) is 10.6 Å². The van der Waals surface area contributed by atoms with Gasteiger partial charge in [0, 0.05) is 15.7 Å². The highest BCUT2D eigenvalue weighted by Gasteiger charge is 2.15. The van der Waals surface area contributed by atoms with Crippen molar-refractivity contribution in [2.45, 2.75) is 0 Å². The van der Waals surface area contributed by atoms with Crippen LogP contribution in [0.25, 0.3) is 0 Å². The third-order valence-electron chi connectivity index (χ3n) is 3.10. The summed E-state index contributed by atoms with van der Waals surface area (Å²) in [7, 11) is 0. The van der Waals surface area contributed by atoms with Gasteiger partial charge in [-0.05, 0) is 36.4 Å². The monoisotopic (exact) mass is 385 g/mol. The zero-order chi connectivity index (χ0) is 16.9. The summed E-state index contributed by atoms with van der Waals surface area (Å²) < 4.78 is 6.03. The maximum absolute atomic E-state index is 12.1. The third-order valence-corrected chi connectivity index (χ3v) is 3.62. The van der Waals surface area contributed by atoms with E-state index in [1.165, 1.54) is 6.26 Å². The molecule has 0 unspecified atom stereocenters. The van der Waals surface area contributed by atoms with Crippen LogP contribution in [0.2, 0.25) is 0 Å². The molecule has 1 heterocycles. The smallest absolute Gasteiger partial charge is 0.302 e. The Balaban J connectivity index is 1.65. The van der Waals surface area contributed by atoms with Gasteiger partial charge in [0.15, 0.2) is 5.69 Å². The highest BCUT2D eigenvalue weighted by molar-refractivity contribution is 9.10.